The van der Waals surface area contributed by atoms with Gasteiger partial charge in [0.1, 0.15) is 0 Å². The third-order valence-electron chi connectivity index (χ3n) is 3.86. The number of fused-ring (bicyclic) bond motifs is 1. The van der Waals surface area contributed by atoms with Crippen LogP contribution < -0.4 is 5.32 Å². The SMILES string of the molecule is CNC(C)(C)c1ccc2c(c1)ncn2C1CC1. The Morgan fingerprint density at radius 1 is 1.35 bits per heavy atom. The molecule has 3 heteroatoms. The molecule has 0 saturated heterocycles. The Kier molecular flexibility index (Phi) is 2.26. The first-order valence-electron chi connectivity index (χ1n) is 6.28. The summed E-state index contributed by atoms with van der Waals surface area (Å²) in [5.74, 6) is 0. The van der Waals surface area contributed by atoms with E-state index in [1.165, 1.54) is 23.9 Å². The minimum Gasteiger partial charge on any atom is -0.327 e. The van der Waals surface area contributed by atoms with Gasteiger partial charge in [-0.3, -0.25) is 0 Å². The fourth-order valence-electron chi connectivity index (χ4n) is 2.21. The lowest BCUT2D eigenvalue weighted by molar-refractivity contribution is 0.445. The summed E-state index contributed by atoms with van der Waals surface area (Å²) in [6.07, 6.45) is 4.59. The van der Waals surface area contributed by atoms with Gasteiger partial charge in [0.25, 0.3) is 0 Å². The van der Waals surface area contributed by atoms with Gasteiger partial charge in [0.05, 0.1) is 17.4 Å². The Morgan fingerprint density at radius 2 is 2.12 bits per heavy atom. The largest absolute Gasteiger partial charge is 0.327 e. The lowest BCUT2D eigenvalue weighted by Gasteiger charge is -2.24. The number of imidazole rings is 1. The molecule has 1 N–H and O–H groups in total. The molecule has 1 aliphatic rings. The van der Waals surface area contributed by atoms with E-state index in [1.54, 1.807) is 0 Å². The third-order valence-corrected chi connectivity index (χ3v) is 3.86. The van der Waals surface area contributed by atoms with Crippen molar-refractivity contribution < 1.29 is 0 Å². The molecule has 90 valence electrons. The average molecular weight is 229 g/mol. The van der Waals surface area contributed by atoms with E-state index < -0.39 is 0 Å². The molecular formula is C14H19N3. The number of rotatable bonds is 3. The van der Waals surface area contributed by atoms with Crippen molar-refractivity contribution in [1.29, 1.82) is 0 Å². The normalized spacial score (nSPS) is 16.6. The van der Waals surface area contributed by atoms with E-state index in [4.69, 9.17) is 0 Å². The van der Waals surface area contributed by atoms with Crippen LogP contribution in [0.5, 0.6) is 0 Å². The third kappa shape index (κ3) is 1.75. The highest BCUT2D eigenvalue weighted by Crippen LogP contribution is 2.37. The van der Waals surface area contributed by atoms with Crippen molar-refractivity contribution in [2.24, 2.45) is 0 Å². The van der Waals surface area contributed by atoms with E-state index in [-0.39, 0.29) is 5.54 Å². The predicted octanol–water partition coefficient (Wildman–Crippen LogP) is 2.83. The lowest BCUT2D eigenvalue weighted by atomic mass is 9.94. The molecule has 2 aromatic rings. The van der Waals surface area contributed by atoms with E-state index in [0.717, 1.165) is 5.52 Å². The molecule has 1 fully saturated rings. The van der Waals surface area contributed by atoms with Gasteiger partial charge < -0.3 is 9.88 Å². The highest BCUT2D eigenvalue weighted by molar-refractivity contribution is 5.76. The van der Waals surface area contributed by atoms with E-state index in [2.05, 4.69) is 46.9 Å². The monoisotopic (exact) mass is 229 g/mol. The summed E-state index contributed by atoms with van der Waals surface area (Å²) in [4.78, 5) is 4.52. The average Bonchev–Trinajstić information content (AvgIpc) is 3.08. The van der Waals surface area contributed by atoms with E-state index in [1.807, 2.05) is 13.4 Å². The molecule has 1 heterocycles. The van der Waals surface area contributed by atoms with Gasteiger partial charge in [-0.15, -0.1) is 0 Å². The lowest BCUT2D eigenvalue weighted by Crippen LogP contribution is -2.32. The Labute approximate surface area is 102 Å². The van der Waals surface area contributed by atoms with Crippen LogP contribution in [0.25, 0.3) is 11.0 Å². The van der Waals surface area contributed by atoms with Crippen LogP contribution in [0.1, 0.15) is 38.3 Å². The second-order valence-corrected chi connectivity index (χ2v) is 5.46. The van der Waals surface area contributed by atoms with Crippen LogP contribution in [0.15, 0.2) is 24.5 Å². The number of benzene rings is 1. The zero-order valence-electron chi connectivity index (χ0n) is 10.7. The topological polar surface area (TPSA) is 29.9 Å². The first-order chi connectivity index (χ1) is 8.12. The number of hydrogen-bond acceptors (Lipinski definition) is 2. The van der Waals surface area contributed by atoms with Crippen molar-refractivity contribution in [3.05, 3.63) is 30.1 Å². The van der Waals surface area contributed by atoms with Gasteiger partial charge in [0.2, 0.25) is 0 Å². The maximum Gasteiger partial charge on any atom is 0.0960 e. The molecule has 3 nitrogen and oxygen atoms in total. The van der Waals surface area contributed by atoms with Gasteiger partial charge in [0, 0.05) is 11.6 Å². The molecule has 17 heavy (non-hydrogen) atoms. The molecule has 1 saturated carbocycles. The second kappa shape index (κ2) is 3.57. The quantitative estimate of drug-likeness (QED) is 0.877. The van der Waals surface area contributed by atoms with Gasteiger partial charge >= 0.3 is 0 Å². The zero-order valence-corrected chi connectivity index (χ0v) is 10.7. The standard InChI is InChI=1S/C14H19N3/c1-14(2,15-3)10-4-7-13-12(8-10)16-9-17(13)11-5-6-11/h4,7-9,11,15H,5-6H2,1-3H3. The molecule has 0 bridgehead atoms. The highest BCUT2D eigenvalue weighted by atomic mass is 15.1. The molecule has 1 aromatic carbocycles. The summed E-state index contributed by atoms with van der Waals surface area (Å²) in [7, 11) is 1.99. The molecule has 0 amide bonds. The first kappa shape index (κ1) is 10.8. The summed E-state index contributed by atoms with van der Waals surface area (Å²) in [5, 5.41) is 3.33. The van der Waals surface area contributed by atoms with Crippen LogP contribution in [0, 0.1) is 0 Å². The van der Waals surface area contributed by atoms with Crippen LogP contribution in [0.3, 0.4) is 0 Å². The van der Waals surface area contributed by atoms with Gasteiger partial charge in [-0.25, -0.2) is 4.98 Å². The Bertz CT molecular complexity index is 550. The molecule has 1 aliphatic carbocycles. The smallest absolute Gasteiger partial charge is 0.0960 e. The highest BCUT2D eigenvalue weighted by Gasteiger charge is 2.25. The summed E-state index contributed by atoms with van der Waals surface area (Å²) < 4.78 is 2.31. The Hall–Kier alpha value is -1.35. The van der Waals surface area contributed by atoms with Crippen LogP contribution in [0.4, 0.5) is 0 Å². The van der Waals surface area contributed by atoms with E-state index >= 15 is 0 Å². The van der Waals surface area contributed by atoms with Crippen LogP contribution in [0.2, 0.25) is 0 Å². The molecular weight excluding hydrogens is 210 g/mol. The zero-order chi connectivity index (χ0) is 12.0. The molecule has 0 radical (unpaired) electrons. The van der Waals surface area contributed by atoms with Crippen LogP contribution >= 0.6 is 0 Å². The maximum absolute atomic E-state index is 4.52. The number of nitrogens with zero attached hydrogens (tertiary/aromatic N) is 2. The van der Waals surface area contributed by atoms with Crippen LogP contribution in [-0.4, -0.2) is 16.6 Å². The molecule has 0 unspecified atom stereocenters. The van der Waals surface area contributed by atoms with Crippen molar-refractivity contribution in [2.75, 3.05) is 7.05 Å². The minimum absolute atomic E-state index is 0.00243. The van der Waals surface area contributed by atoms with E-state index in [9.17, 15) is 0 Å². The number of aromatic nitrogens is 2. The predicted molar refractivity (Wildman–Crippen MR) is 70.1 cm³/mol. The summed E-state index contributed by atoms with van der Waals surface area (Å²) in [6, 6.07) is 7.31. The van der Waals surface area contributed by atoms with Gasteiger partial charge in [-0.05, 0) is 51.4 Å². The van der Waals surface area contributed by atoms with Crippen molar-refractivity contribution in [1.82, 2.24) is 14.9 Å². The molecule has 0 atom stereocenters. The Balaban J connectivity index is 2.08. The van der Waals surface area contributed by atoms with Gasteiger partial charge in [-0.2, -0.15) is 0 Å². The fraction of sp³-hybridized carbons (Fsp3) is 0.500. The Morgan fingerprint density at radius 3 is 2.76 bits per heavy atom. The molecule has 0 spiro atoms. The molecule has 0 aliphatic heterocycles. The number of hydrogen-bond donors (Lipinski definition) is 1. The number of nitrogens with one attached hydrogen (secondary N) is 1. The van der Waals surface area contributed by atoms with Gasteiger partial charge in [0.15, 0.2) is 0 Å². The van der Waals surface area contributed by atoms with Crippen molar-refractivity contribution >= 4 is 11.0 Å². The molecule has 3 rings (SSSR count). The van der Waals surface area contributed by atoms with Crippen molar-refractivity contribution in [3.63, 3.8) is 0 Å². The summed E-state index contributed by atoms with van der Waals surface area (Å²) >= 11 is 0. The first-order valence-corrected chi connectivity index (χ1v) is 6.28. The summed E-state index contributed by atoms with van der Waals surface area (Å²) in [5.41, 5.74) is 3.66. The van der Waals surface area contributed by atoms with E-state index in [0.29, 0.717) is 6.04 Å². The molecule has 1 aromatic heterocycles. The van der Waals surface area contributed by atoms with Gasteiger partial charge in [-0.1, -0.05) is 6.07 Å². The van der Waals surface area contributed by atoms with Crippen molar-refractivity contribution in [3.8, 4) is 0 Å². The second-order valence-electron chi connectivity index (χ2n) is 5.46. The fourth-order valence-corrected chi connectivity index (χ4v) is 2.21. The minimum atomic E-state index is -0.00243. The maximum atomic E-state index is 4.52. The summed E-state index contributed by atoms with van der Waals surface area (Å²) in [6.45, 7) is 4.37. The van der Waals surface area contributed by atoms with Crippen LogP contribution in [-0.2, 0) is 5.54 Å². The van der Waals surface area contributed by atoms with Crippen molar-refractivity contribution in [2.45, 2.75) is 38.3 Å².